The molecule has 1 saturated heterocycles. The number of carbonyl (C=O) groups excluding carboxylic acids is 1. The SMILES string of the molecule is O=C(CCCc1c[nH]c2ccccc12)N1CCN(Cc2cccnc2)CC1. The number of hydrogen-bond acceptors (Lipinski definition) is 3. The number of para-hydroxylation sites is 1. The molecule has 1 N–H and O–H groups in total. The van der Waals surface area contributed by atoms with Crippen LogP contribution in [-0.4, -0.2) is 51.9 Å². The van der Waals surface area contributed by atoms with Crippen molar-refractivity contribution in [2.24, 2.45) is 0 Å². The molecule has 5 heteroatoms. The lowest BCUT2D eigenvalue weighted by Gasteiger charge is -2.34. The minimum Gasteiger partial charge on any atom is -0.361 e. The molecular weight excluding hydrogens is 336 g/mol. The van der Waals surface area contributed by atoms with Crippen molar-refractivity contribution in [1.82, 2.24) is 19.8 Å². The van der Waals surface area contributed by atoms with Gasteiger partial charge in [-0.1, -0.05) is 24.3 Å². The van der Waals surface area contributed by atoms with Crippen LogP contribution >= 0.6 is 0 Å². The molecule has 27 heavy (non-hydrogen) atoms. The number of fused-ring (bicyclic) bond motifs is 1. The molecule has 1 aromatic carbocycles. The molecule has 0 atom stereocenters. The highest BCUT2D eigenvalue weighted by atomic mass is 16.2. The number of H-pyrrole nitrogens is 1. The molecule has 2 aromatic heterocycles. The first-order valence-corrected chi connectivity index (χ1v) is 9.73. The second-order valence-electron chi connectivity index (χ2n) is 7.23. The zero-order valence-electron chi connectivity index (χ0n) is 15.6. The lowest BCUT2D eigenvalue weighted by molar-refractivity contribution is -0.133. The Hall–Kier alpha value is -2.66. The van der Waals surface area contributed by atoms with Gasteiger partial charge in [-0.05, 0) is 36.1 Å². The van der Waals surface area contributed by atoms with Gasteiger partial charge in [-0.2, -0.15) is 0 Å². The summed E-state index contributed by atoms with van der Waals surface area (Å²) >= 11 is 0. The van der Waals surface area contributed by atoms with E-state index in [2.05, 4.69) is 45.3 Å². The molecule has 3 heterocycles. The lowest BCUT2D eigenvalue weighted by Crippen LogP contribution is -2.48. The Labute approximate surface area is 160 Å². The fraction of sp³-hybridized carbons (Fsp3) is 0.364. The summed E-state index contributed by atoms with van der Waals surface area (Å²) < 4.78 is 0. The van der Waals surface area contributed by atoms with Crippen LogP contribution in [0.5, 0.6) is 0 Å². The van der Waals surface area contributed by atoms with Crippen molar-refractivity contribution in [2.45, 2.75) is 25.8 Å². The molecule has 5 nitrogen and oxygen atoms in total. The van der Waals surface area contributed by atoms with Crippen molar-refractivity contribution in [1.29, 1.82) is 0 Å². The summed E-state index contributed by atoms with van der Waals surface area (Å²) in [4.78, 5) is 24.4. The molecule has 1 aliphatic rings. The number of hydrogen-bond donors (Lipinski definition) is 1. The average molecular weight is 362 g/mol. The maximum absolute atomic E-state index is 12.5. The fourth-order valence-electron chi connectivity index (χ4n) is 3.83. The number of aromatic nitrogens is 2. The van der Waals surface area contributed by atoms with E-state index in [9.17, 15) is 4.79 Å². The summed E-state index contributed by atoms with van der Waals surface area (Å²) in [5.74, 6) is 0.288. The molecule has 140 valence electrons. The quantitative estimate of drug-likeness (QED) is 0.732. The van der Waals surface area contributed by atoms with Crippen molar-refractivity contribution in [3.05, 3.63) is 66.1 Å². The van der Waals surface area contributed by atoms with Crippen LogP contribution in [0.3, 0.4) is 0 Å². The molecule has 3 aromatic rings. The molecule has 4 rings (SSSR count). The van der Waals surface area contributed by atoms with Gasteiger partial charge < -0.3 is 9.88 Å². The standard InChI is InChI=1S/C22H26N4O/c27-22(9-3-6-19-16-24-21-8-2-1-7-20(19)21)26-13-11-25(12-14-26)17-18-5-4-10-23-15-18/h1-2,4-5,7-8,10,15-16,24H,3,6,9,11-14,17H2. The number of benzene rings is 1. The van der Waals surface area contributed by atoms with Crippen LogP contribution < -0.4 is 0 Å². The summed E-state index contributed by atoms with van der Waals surface area (Å²) in [6, 6.07) is 12.4. The van der Waals surface area contributed by atoms with Gasteiger partial charge in [0, 0.05) is 68.6 Å². The van der Waals surface area contributed by atoms with E-state index in [1.54, 1.807) is 6.20 Å². The van der Waals surface area contributed by atoms with Gasteiger partial charge in [-0.25, -0.2) is 0 Å². The lowest BCUT2D eigenvalue weighted by atomic mass is 10.1. The predicted molar refractivity (Wildman–Crippen MR) is 107 cm³/mol. The minimum atomic E-state index is 0.288. The number of carbonyl (C=O) groups is 1. The maximum atomic E-state index is 12.5. The van der Waals surface area contributed by atoms with Crippen LogP contribution in [0.15, 0.2) is 55.0 Å². The monoisotopic (exact) mass is 362 g/mol. The van der Waals surface area contributed by atoms with Gasteiger partial charge in [0.1, 0.15) is 0 Å². The molecular formula is C22H26N4O. The highest BCUT2D eigenvalue weighted by Gasteiger charge is 2.20. The van der Waals surface area contributed by atoms with E-state index in [1.807, 2.05) is 23.2 Å². The van der Waals surface area contributed by atoms with E-state index in [-0.39, 0.29) is 5.91 Å². The second kappa shape index (κ2) is 8.35. The Morgan fingerprint density at radius 2 is 1.93 bits per heavy atom. The summed E-state index contributed by atoms with van der Waals surface area (Å²) in [5, 5.41) is 1.27. The van der Waals surface area contributed by atoms with E-state index in [0.29, 0.717) is 6.42 Å². The Morgan fingerprint density at radius 3 is 2.74 bits per heavy atom. The first-order chi connectivity index (χ1) is 13.3. The maximum Gasteiger partial charge on any atom is 0.222 e. The Balaban J connectivity index is 1.21. The molecule has 1 fully saturated rings. The number of nitrogens with one attached hydrogen (secondary N) is 1. The zero-order valence-corrected chi connectivity index (χ0v) is 15.6. The molecule has 1 amide bonds. The number of aromatic amines is 1. The van der Waals surface area contributed by atoms with Gasteiger partial charge >= 0.3 is 0 Å². The van der Waals surface area contributed by atoms with E-state index < -0.39 is 0 Å². The highest BCUT2D eigenvalue weighted by molar-refractivity contribution is 5.83. The van der Waals surface area contributed by atoms with E-state index in [1.165, 1.54) is 22.0 Å². The van der Waals surface area contributed by atoms with Gasteiger partial charge in [0.25, 0.3) is 0 Å². The Bertz CT molecular complexity index is 881. The third-order valence-electron chi connectivity index (χ3n) is 5.37. The van der Waals surface area contributed by atoms with Gasteiger partial charge in [0.15, 0.2) is 0 Å². The fourth-order valence-corrected chi connectivity index (χ4v) is 3.83. The van der Waals surface area contributed by atoms with Crippen molar-refractivity contribution in [2.75, 3.05) is 26.2 Å². The van der Waals surface area contributed by atoms with Crippen LogP contribution in [0.4, 0.5) is 0 Å². The van der Waals surface area contributed by atoms with Gasteiger partial charge in [-0.3, -0.25) is 14.7 Å². The van der Waals surface area contributed by atoms with Crippen LogP contribution in [0.1, 0.15) is 24.0 Å². The Morgan fingerprint density at radius 1 is 1.07 bits per heavy atom. The summed E-state index contributed by atoms with van der Waals surface area (Å²) in [6.45, 7) is 4.43. The summed E-state index contributed by atoms with van der Waals surface area (Å²) in [6.07, 6.45) is 8.26. The largest absolute Gasteiger partial charge is 0.361 e. The molecule has 0 aliphatic carbocycles. The molecule has 0 radical (unpaired) electrons. The van der Waals surface area contributed by atoms with Crippen LogP contribution in [-0.2, 0) is 17.8 Å². The normalized spacial score (nSPS) is 15.3. The van der Waals surface area contributed by atoms with Gasteiger partial charge in [0.2, 0.25) is 5.91 Å². The van der Waals surface area contributed by atoms with Crippen molar-refractivity contribution < 1.29 is 4.79 Å². The van der Waals surface area contributed by atoms with E-state index >= 15 is 0 Å². The predicted octanol–water partition coefficient (Wildman–Crippen LogP) is 3.23. The highest BCUT2D eigenvalue weighted by Crippen LogP contribution is 2.19. The van der Waals surface area contributed by atoms with Gasteiger partial charge in [0.05, 0.1) is 0 Å². The smallest absolute Gasteiger partial charge is 0.222 e. The zero-order chi connectivity index (χ0) is 18.5. The number of rotatable bonds is 6. The number of nitrogens with zero attached hydrogens (tertiary/aromatic N) is 3. The molecule has 0 bridgehead atoms. The van der Waals surface area contributed by atoms with Crippen molar-refractivity contribution in [3.8, 4) is 0 Å². The van der Waals surface area contributed by atoms with Gasteiger partial charge in [-0.15, -0.1) is 0 Å². The summed E-state index contributed by atoms with van der Waals surface area (Å²) in [7, 11) is 0. The molecule has 0 saturated carbocycles. The van der Waals surface area contributed by atoms with Crippen molar-refractivity contribution >= 4 is 16.8 Å². The number of pyridine rings is 1. The third kappa shape index (κ3) is 4.37. The first-order valence-electron chi connectivity index (χ1n) is 9.73. The Kier molecular flexibility index (Phi) is 5.49. The number of aryl methyl sites for hydroxylation is 1. The van der Waals surface area contributed by atoms with Crippen molar-refractivity contribution in [3.63, 3.8) is 0 Å². The molecule has 0 spiro atoms. The minimum absolute atomic E-state index is 0.288. The second-order valence-corrected chi connectivity index (χ2v) is 7.23. The number of piperazine rings is 1. The van der Waals surface area contributed by atoms with Crippen LogP contribution in [0.2, 0.25) is 0 Å². The average Bonchev–Trinajstić information content (AvgIpc) is 3.12. The van der Waals surface area contributed by atoms with E-state index in [0.717, 1.165) is 45.6 Å². The molecule has 1 aliphatic heterocycles. The summed E-state index contributed by atoms with van der Waals surface area (Å²) in [5.41, 5.74) is 3.71. The first kappa shape index (κ1) is 17.7. The third-order valence-corrected chi connectivity index (χ3v) is 5.37. The topological polar surface area (TPSA) is 52.2 Å². The number of amides is 1. The van der Waals surface area contributed by atoms with Crippen LogP contribution in [0.25, 0.3) is 10.9 Å². The van der Waals surface area contributed by atoms with Crippen LogP contribution in [0, 0.1) is 0 Å². The molecule has 0 unspecified atom stereocenters. The van der Waals surface area contributed by atoms with E-state index in [4.69, 9.17) is 0 Å².